The van der Waals surface area contributed by atoms with Crippen LogP contribution in [0, 0.1) is 0 Å². The molecule has 0 aliphatic heterocycles. The molecule has 0 bridgehead atoms. The summed E-state index contributed by atoms with van der Waals surface area (Å²) in [6.45, 7) is 4.70. The third-order valence-electron chi connectivity index (χ3n) is 2.23. The second-order valence-corrected chi connectivity index (χ2v) is 5.48. The second kappa shape index (κ2) is 6.60. The number of hydrogen-bond acceptors (Lipinski definition) is 2. The van der Waals surface area contributed by atoms with Crippen molar-refractivity contribution in [1.29, 1.82) is 0 Å². The fourth-order valence-corrected chi connectivity index (χ4v) is 2.14. The fraction of sp³-hybridized carbons (Fsp3) is 0.500. The number of nitrogens with one attached hydrogen (secondary N) is 1. The van der Waals surface area contributed by atoms with Crippen LogP contribution >= 0.6 is 27.5 Å². The fourth-order valence-electron chi connectivity index (χ4n) is 1.38. The molecule has 1 rings (SSSR count). The van der Waals surface area contributed by atoms with Gasteiger partial charge in [0.2, 0.25) is 0 Å². The predicted octanol–water partition coefficient (Wildman–Crippen LogP) is 3.00. The minimum absolute atomic E-state index is 0.384. The molecule has 1 unspecified atom stereocenters. The molecule has 1 atom stereocenters. The first-order valence-corrected chi connectivity index (χ1v) is 6.51. The Morgan fingerprint density at radius 2 is 2.12 bits per heavy atom. The molecule has 0 heterocycles. The first kappa shape index (κ1) is 14.0. The van der Waals surface area contributed by atoms with Gasteiger partial charge in [0.1, 0.15) is 0 Å². The van der Waals surface area contributed by atoms with Crippen LogP contribution in [0.2, 0.25) is 5.02 Å². The molecule has 0 saturated carbocycles. The highest BCUT2D eigenvalue weighted by Crippen LogP contribution is 2.22. The molecule has 2 N–H and O–H groups in total. The Kier molecular flexibility index (Phi) is 5.76. The molecule has 1 aromatic carbocycles. The van der Waals surface area contributed by atoms with Crippen LogP contribution in [0.1, 0.15) is 19.4 Å². The van der Waals surface area contributed by atoms with E-state index in [9.17, 15) is 5.11 Å². The lowest BCUT2D eigenvalue weighted by Crippen LogP contribution is -2.33. The summed E-state index contributed by atoms with van der Waals surface area (Å²) in [7, 11) is 0. The zero-order valence-electron chi connectivity index (χ0n) is 9.50. The molecule has 0 amide bonds. The second-order valence-electron chi connectivity index (χ2n) is 4.16. The highest BCUT2D eigenvalue weighted by molar-refractivity contribution is 9.10. The van der Waals surface area contributed by atoms with Gasteiger partial charge in [-0.1, -0.05) is 47.4 Å². The van der Waals surface area contributed by atoms with Crippen LogP contribution in [0.25, 0.3) is 0 Å². The van der Waals surface area contributed by atoms with Crippen molar-refractivity contribution in [3.63, 3.8) is 0 Å². The van der Waals surface area contributed by atoms with E-state index in [1.807, 2.05) is 18.2 Å². The van der Waals surface area contributed by atoms with Crippen molar-refractivity contribution < 1.29 is 5.11 Å². The summed E-state index contributed by atoms with van der Waals surface area (Å²) in [4.78, 5) is 0. The van der Waals surface area contributed by atoms with Gasteiger partial charge in [-0.3, -0.25) is 0 Å². The van der Waals surface area contributed by atoms with Gasteiger partial charge in [-0.05, 0) is 17.7 Å². The van der Waals surface area contributed by atoms with Gasteiger partial charge in [0, 0.05) is 28.5 Å². The summed E-state index contributed by atoms with van der Waals surface area (Å²) < 4.78 is 0.955. The van der Waals surface area contributed by atoms with E-state index in [1.165, 1.54) is 0 Å². The van der Waals surface area contributed by atoms with E-state index in [-0.39, 0.29) is 0 Å². The predicted molar refractivity (Wildman–Crippen MR) is 72.0 cm³/mol. The Hall–Kier alpha value is -0.0900. The van der Waals surface area contributed by atoms with Crippen LogP contribution in [0.5, 0.6) is 0 Å². The SMILES string of the molecule is CC(C)NCC(O)Cc1ccc(Br)cc1Cl. The molecule has 90 valence electrons. The van der Waals surface area contributed by atoms with Crippen LogP contribution in [0.15, 0.2) is 22.7 Å². The molecule has 16 heavy (non-hydrogen) atoms. The smallest absolute Gasteiger partial charge is 0.0705 e. The van der Waals surface area contributed by atoms with Crippen molar-refractivity contribution >= 4 is 27.5 Å². The molecule has 4 heteroatoms. The van der Waals surface area contributed by atoms with Gasteiger partial charge < -0.3 is 10.4 Å². The van der Waals surface area contributed by atoms with Gasteiger partial charge in [0.05, 0.1) is 6.10 Å². The van der Waals surface area contributed by atoms with Crippen molar-refractivity contribution in [2.75, 3.05) is 6.54 Å². The van der Waals surface area contributed by atoms with Crippen molar-refractivity contribution in [2.45, 2.75) is 32.4 Å². The molecule has 0 aliphatic rings. The Morgan fingerprint density at radius 1 is 1.44 bits per heavy atom. The maximum Gasteiger partial charge on any atom is 0.0705 e. The normalized spacial score (nSPS) is 13.1. The standard InChI is InChI=1S/C12H17BrClNO/c1-8(2)15-7-11(16)5-9-3-4-10(13)6-12(9)14/h3-4,6,8,11,15-16H,5,7H2,1-2H3. The van der Waals surface area contributed by atoms with Crippen LogP contribution in [0.3, 0.4) is 0 Å². The lowest BCUT2D eigenvalue weighted by atomic mass is 10.1. The van der Waals surface area contributed by atoms with E-state index in [0.717, 1.165) is 10.0 Å². The van der Waals surface area contributed by atoms with Crippen LogP contribution in [-0.4, -0.2) is 23.8 Å². The molecule has 0 radical (unpaired) electrons. The van der Waals surface area contributed by atoms with Crippen molar-refractivity contribution in [3.8, 4) is 0 Å². The highest BCUT2D eigenvalue weighted by Gasteiger charge is 2.09. The molecule has 0 aliphatic carbocycles. The summed E-state index contributed by atoms with van der Waals surface area (Å²) in [5.74, 6) is 0. The van der Waals surface area contributed by atoms with E-state index in [0.29, 0.717) is 24.0 Å². The molecular formula is C12H17BrClNO. The van der Waals surface area contributed by atoms with E-state index in [4.69, 9.17) is 11.6 Å². The minimum Gasteiger partial charge on any atom is -0.391 e. The molecule has 1 aromatic rings. The van der Waals surface area contributed by atoms with E-state index in [2.05, 4.69) is 35.1 Å². The number of hydrogen-bond donors (Lipinski definition) is 2. The average molecular weight is 307 g/mol. The zero-order valence-corrected chi connectivity index (χ0v) is 11.8. The largest absolute Gasteiger partial charge is 0.391 e. The minimum atomic E-state index is -0.402. The number of aliphatic hydroxyl groups excluding tert-OH is 1. The molecule has 0 saturated heterocycles. The number of halogens is 2. The molecular weight excluding hydrogens is 289 g/mol. The van der Waals surface area contributed by atoms with Gasteiger partial charge in [0.15, 0.2) is 0 Å². The Labute approximate surface area is 110 Å². The first-order valence-electron chi connectivity index (χ1n) is 5.34. The summed E-state index contributed by atoms with van der Waals surface area (Å²) >= 11 is 9.43. The Morgan fingerprint density at radius 3 is 2.69 bits per heavy atom. The highest BCUT2D eigenvalue weighted by atomic mass is 79.9. The number of benzene rings is 1. The Bertz CT molecular complexity index is 344. The third-order valence-corrected chi connectivity index (χ3v) is 3.08. The summed E-state index contributed by atoms with van der Waals surface area (Å²) in [5.41, 5.74) is 0.975. The summed E-state index contributed by atoms with van der Waals surface area (Å²) in [6, 6.07) is 6.10. The van der Waals surface area contributed by atoms with Crippen molar-refractivity contribution in [2.24, 2.45) is 0 Å². The first-order chi connectivity index (χ1) is 7.49. The van der Waals surface area contributed by atoms with Gasteiger partial charge in [-0.2, -0.15) is 0 Å². The lowest BCUT2D eigenvalue weighted by Gasteiger charge is -2.14. The van der Waals surface area contributed by atoms with Crippen LogP contribution < -0.4 is 5.32 Å². The third kappa shape index (κ3) is 4.83. The zero-order chi connectivity index (χ0) is 12.1. The topological polar surface area (TPSA) is 32.3 Å². The Balaban J connectivity index is 2.52. The van der Waals surface area contributed by atoms with Crippen LogP contribution in [0.4, 0.5) is 0 Å². The van der Waals surface area contributed by atoms with Gasteiger partial charge in [0.25, 0.3) is 0 Å². The molecule has 0 aromatic heterocycles. The summed E-state index contributed by atoms with van der Waals surface area (Å²) in [5, 5.41) is 13.7. The maximum atomic E-state index is 9.81. The van der Waals surface area contributed by atoms with E-state index < -0.39 is 6.10 Å². The van der Waals surface area contributed by atoms with Crippen molar-refractivity contribution in [3.05, 3.63) is 33.3 Å². The number of rotatable bonds is 5. The van der Waals surface area contributed by atoms with E-state index in [1.54, 1.807) is 0 Å². The quantitative estimate of drug-likeness (QED) is 0.876. The van der Waals surface area contributed by atoms with E-state index >= 15 is 0 Å². The van der Waals surface area contributed by atoms with Gasteiger partial charge in [-0.15, -0.1) is 0 Å². The van der Waals surface area contributed by atoms with Gasteiger partial charge in [-0.25, -0.2) is 0 Å². The summed E-state index contributed by atoms with van der Waals surface area (Å²) in [6.07, 6.45) is 0.173. The lowest BCUT2D eigenvalue weighted by molar-refractivity contribution is 0.169. The average Bonchev–Trinajstić information content (AvgIpc) is 2.19. The monoisotopic (exact) mass is 305 g/mol. The maximum absolute atomic E-state index is 9.81. The van der Waals surface area contributed by atoms with Crippen molar-refractivity contribution in [1.82, 2.24) is 5.32 Å². The molecule has 0 fully saturated rings. The number of aliphatic hydroxyl groups is 1. The van der Waals surface area contributed by atoms with Gasteiger partial charge >= 0.3 is 0 Å². The van der Waals surface area contributed by atoms with Crippen LogP contribution in [-0.2, 0) is 6.42 Å². The molecule has 2 nitrogen and oxygen atoms in total. The molecule has 0 spiro atoms.